The first-order valence-electron chi connectivity index (χ1n) is 2.93. The van der Waals surface area contributed by atoms with Crippen LogP contribution in [0.2, 0.25) is 5.02 Å². The Morgan fingerprint density at radius 3 is 2.40 bits per heavy atom. The Labute approximate surface area is 64.8 Å². The van der Waals surface area contributed by atoms with Gasteiger partial charge in [0.2, 0.25) is 0 Å². The Morgan fingerprint density at radius 1 is 1.30 bits per heavy atom. The monoisotopic (exact) mass is 156 g/mol. The van der Waals surface area contributed by atoms with Gasteiger partial charge in [-0.3, -0.25) is 0 Å². The lowest BCUT2D eigenvalue weighted by molar-refractivity contribution is 1.47. The Morgan fingerprint density at radius 2 is 1.90 bits per heavy atom. The van der Waals surface area contributed by atoms with E-state index in [-0.39, 0.29) is 0 Å². The largest absolute Gasteiger partial charge is 0.398 e. The van der Waals surface area contributed by atoms with Gasteiger partial charge in [0.05, 0.1) is 10.7 Å². The maximum atomic E-state index is 5.71. The molecule has 0 amide bonds. The molecule has 0 bridgehead atoms. The van der Waals surface area contributed by atoms with E-state index >= 15 is 0 Å². The Balaban J connectivity index is 3.34. The fraction of sp³-hybridized carbons (Fsp3) is 0.143. The van der Waals surface area contributed by atoms with E-state index in [1.165, 1.54) is 0 Å². The van der Waals surface area contributed by atoms with E-state index in [2.05, 4.69) is 0 Å². The van der Waals surface area contributed by atoms with E-state index in [0.717, 1.165) is 5.56 Å². The van der Waals surface area contributed by atoms with Crippen LogP contribution in [-0.2, 0) is 0 Å². The fourth-order valence-corrected chi connectivity index (χ4v) is 0.917. The van der Waals surface area contributed by atoms with Crippen molar-refractivity contribution < 1.29 is 0 Å². The molecule has 0 unspecified atom stereocenters. The molecule has 1 aromatic rings. The number of hydrogen-bond donors (Lipinski definition) is 2. The van der Waals surface area contributed by atoms with Crippen LogP contribution in [0, 0.1) is 6.92 Å². The fourth-order valence-electron chi connectivity index (χ4n) is 0.712. The van der Waals surface area contributed by atoms with Crippen molar-refractivity contribution in [2.75, 3.05) is 11.5 Å². The zero-order chi connectivity index (χ0) is 7.72. The van der Waals surface area contributed by atoms with E-state index in [1.807, 2.05) is 6.92 Å². The molecular weight excluding hydrogens is 148 g/mol. The lowest BCUT2D eigenvalue weighted by Crippen LogP contribution is -1.95. The average Bonchev–Trinajstić information content (AvgIpc) is 1.93. The summed E-state index contributed by atoms with van der Waals surface area (Å²) in [5.74, 6) is 0. The number of halogens is 1. The molecule has 0 aromatic heterocycles. The highest BCUT2D eigenvalue weighted by molar-refractivity contribution is 6.33. The molecule has 1 rings (SSSR count). The normalized spacial score (nSPS) is 9.80. The van der Waals surface area contributed by atoms with Gasteiger partial charge in [-0.1, -0.05) is 11.6 Å². The lowest BCUT2D eigenvalue weighted by atomic mass is 10.2. The van der Waals surface area contributed by atoms with Gasteiger partial charge in [-0.2, -0.15) is 0 Å². The van der Waals surface area contributed by atoms with Crippen molar-refractivity contribution in [3.8, 4) is 0 Å². The Hall–Kier alpha value is -0.890. The summed E-state index contributed by atoms with van der Waals surface area (Å²) in [5, 5.41) is 0.562. The third-order valence-electron chi connectivity index (χ3n) is 1.50. The summed E-state index contributed by atoms with van der Waals surface area (Å²) in [7, 11) is 0. The Bertz CT molecular complexity index is 231. The molecule has 0 aliphatic heterocycles. The first kappa shape index (κ1) is 7.22. The van der Waals surface area contributed by atoms with Gasteiger partial charge >= 0.3 is 0 Å². The zero-order valence-electron chi connectivity index (χ0n) is 5.69. The van der Waals surface area contributed by atoms with Crippen molar-refractivity contribution in [1.82, 2.24) is 0 Å². The summed E-state index contributed by atoms with van der Waals surface area (Å²) in [4.78, 5) is 0. The number of hydrogen-bond acceptors (Lipinski definition) is 2. The van der Waals surface area contributed by atoms with Crippen LogP contribution < -0.4 is 11.5 Å². The molecule has 0 atom stereocenters. The first-order valence-corrected chi connectivity index (χ1v) is 3.30. The molecule has 54 valence electrons. The SMILES string of the molecule is Cc1c(N)ccc(Cl)c1N. The predicted molar refractivity (Wildman–Crippen MR) is 45.0 cm³/mol. The minimum absolute atomic E-state index is 0.562. The molecular formula is C7H9ClN2. The van der Waals surface area contributed by atoms with Gasteiger partial charge in [0, 0.05) is 5.69 Å². The van der Waals surface area contributed by atoms with E-state index in [4.69, 9.17) is 23.1 Å². The standard InChI is InChI=1S/C7H9ClN2/c1-4-6(9)3-2-5(8)7(4)10/h2-3H,9-10H2,1H3. The third-order valence-corrected chi connectivity index (χ3v) is 1.83. The molecule has 0 radical (unpaired) electrons. The van der Waals surface area contributed by atoms with Gasteiger partial charge in [0.1, 0.15) is 0 Å². The molecule has 0 saturated heterocycles. The van der Waals surface area contributed by atoms with Gasteiger partial charge in [-0.15, -0.1) is 0 Å². The van der Waals surface area contributed by atoms with Crippen molar-refractivity contribution >= 4 is 23.0 Å². The van der Waals surface area contributed by atoms with Gasteiger partial charge in [0.15, 0.2) is 0 Å². The van der Waals surface area contributed by atoms with Crippen LogP contribution in [0.1, 0.15) is 5.56 Å². The molecule has 0 aliphatic carbocycles. The summed E-state index contributed by atoms with van der Waals surface area (Å²) in [6, 6.07) is 3.44. The van der Waals surface area contributed by atoms with Crippen LogP contribution in [0.5, 0.6) is 0 Å². The summed E-state index contributed by atoms with van der Waals surface area (Å²) >= 11 is 5.71. The molecule has 1 aromatic carbocycles. The van der Waals surface area contributed by atoms with E-state index in [9.17, 15) is 0 Å². The van der Waals surface area contributed by atoms with Crippen LogP contribution in [0.25, 0.3) is 0 Å². The number of rotatable bonds is 0. The second-order valence-electron chi connectivity index (χ2n) is 2.18. The number of nitrogen functional groups attached to an aromatic ring is 2. The summed E-state index contributed by atoms with van der Waals surface area (Å²) in [6.07, 6.45) is 0. The third kappa shape index (κ3) is 1.02. The topological polar surface area (TPSA) is 52.0 Å². The minimum Gasteiger partial charge on any atom is -0.398 e. The lowest BCUT2D eigenvalue weighted by Gasteiger charge is -2.04. The highest BCUT2D eigenvalue weighted by atomic mass is 35.5. The zero-order valence-corrected chi connectivity index (χ0v) is 6.44. The number of benzene rings is 1. The highest BCUT2D eigenvalue weighted by Gasteiger charge is 2.00. The molecule has 3 heteroatoms. The van der Waals surface area contributed by atoms with Crippen LogP contribution in [-0.4, -0.2) is 0 Å². The second-order valence-corrected chi connectivity index (χ2v) is 2.58. The molecule has 0 aliphatic rings. The van der Waals surface area contributed by atoms with Crippen molar-refractivity contribution in [3.63, 3.8) is 0 Å². The molecule has 0 heterocycles. The average molecular weight is 157 g/mol. The summed E-state index contributed by atoms with van der Waals surface area (Å²) in [6.45, 7) is 1.84. The quantitative estimate of drug-likeness (QED) is 0.563. The highest BCUT2D eigenvalue weighted by Crippen LogP contribution is 2.26. The smallest absolute Gasteiger partial charge is 0.0639 e. The second kappa shape index (κ2) is 2.39. The molecule has 0 saturated carbocycles. The number of anilines is 2. The summed E-state index contributed by atoms with van der Waals surface area (Å²) in [5.41, 5.74) is 13.2. The van der Waals surface area contributed by atoms with Gasteiger partial charge < -0.3 is 11.5 Å². The van der Waals surface area contributed by atoms with Gasteiger partial charge in [-0.05, 0) is 24.6 Å². The maximum absolute atomic E-state index is 5.71. The van der Waals surface area contributed by atoms with Gasteiger partial charge in [-0.25, -0.2) is 0 Å². The van der Waals surface area contributed by atoms with Crippen LogP contribution in [0.15, 0.2) is 12.1 Å². The molecule has 2 nitrogen and oxygen atoms in total. The van der Waals surface area contributed by atoms with Crippen molar-refractivity contribution in [1.29, 1.82) is 0 Å². The molecule has 0 spiro atoms. The van der Waals surface area contributed by atoms with Gasteiger partial charge in [0.25, 0.3) is 0 Å². The summed E-state index contributed by atoms with van der Waals surface area (Å²) < 4.78 is 0. The van der Waals surface area contributed by atoms with E-state index < -0.39 is 0 Å². The maximum Gasteiger partial charge on any atom is 0.0639 e. The van der Waals surface area contributed by atoms with Crippen molar-refractivity contribution in [3.05, 3.63) is 22.7 Å². The van der Waals surface area contributed by atoms with Crippen LogP contribution in [0.3, 0.4) is 0 Å². The van der Waals surface area contributed by atoms with Crippen LogP contribution >= 0.6 is 11.6 Å². The van der Waals surface area contributed by atoms with Crippen LogP contribution in [0.4, 0.5) is 11.4 Å². The molecule has 4 N–H and O–H groups in total. The minimum atomic E-state index is 0.562. The Kier molecular flexibility index (Phi) is 1.72. The molecule has 10 heavy (non-hydrogen) atoms. The van der Waals surface area contributed by atoms with E-state index in [0.29, 0.717) is 16.4 Å². The van der Waals surface area contributed by atoms with Crippen molar-refractivity contribution in [2.24, 2.45) is 0 Å². The first-order chi connectivity index (χ1) is 4.63. The molecule has 0 fully saturated rings. The van der Waals surface area contributed by atoms with Crippen molar-refractivity contribution in [2.45, 2.75) is 6.92 Å². The predicted octanol–water partition coefficient (Wildman–Crippen LogP) is 1.81. The number of nitrogens with two attached hydrogens (primary N) is 2. The van der Waals surface area contributed by atoms with E-state index in [1.54, 1.807) is 12.1 Å².